The number of pyridine rings is 1. The molecule has 1 aromatic heterocycles. The summed E-state index contributed by atoms with van der Waals surface area (Å²) in [5.41, 5.74) is 7.51. The summed E-state index contributed by atoms with van der Waals surface area (Å²) in [6, 6.07) is 9.44. The molecule has 30 heavy (non-hydrogen) atoms. The molecule has 2 N–H and O–H groups in total. The van der Waals surface area contributed by atoms with E-state index in [1.54, 1.807) is 12.1 Å². The Kier molecular flexibility index (Phi) is 4.65. The summed E-state index contributed by atoms with van der Waals surface area (Å²) in [6.45, 7) is 7.76. The third kappa shape index (κ3) is 3.12. The second-order valence-corrected chi connectivity index (χ2v) is 8.92. The van der Waals surface area contributed by atoms with Gasteiger partial charge in [-0.3, -0.25) is 0 Å². The van der Waals surface area contributed by atoms with Crippen molar-refractivity contribution in [1.82, 2.24) is 9.88 Å². The standard InChI is InChI=1S/C23H27FN4O2/c1-14(2)11-28-9-7-20-18(12-28)23(13-29-22(25)27-23)17-10-15(5-6-19(17)30-20)16-4-3-8-26-21(16)24/h3-6,8,10,14,18,20H,7,9,11-13H2,1-2H3,(H2,25,27)/t18-,20?,23+/m0/s1. The number of fused-ring (bicyclic) bond motifs is 4. The maximum Gasteiger partial charge on any atom is 0.283 e. The Morgan fingerprint density at radius 1 is 1.33 bits per heavy atom. The normalized spacial score (nSPS) is 27.9. The lowest BCUT2D eigenvalue weighted by Gasteiger charge is -2.49. The Balaban J connectivity index is 1.60. The predicted octanol–water partition coefficient (Wildman–Crippen LogP) is 3.17. The molecule has 0 amide bonds. The molecule has 7 heteroatoms. The summed E-state index contributed by atoms with van der Waals surface area (Å²) in [5, 5.41) is 0. The van der Waals surface area contributed by atoms with E-state index in [9.17, 15) is 4.39 Å². The number of benzene rings is 1. The number of halogens is 1. The van der Waals surface area contributed by atoms with Gasteiger partial charge in [-0.15, -0.1) is 0 Å². The van der Waals surface area contributed by atoms with Crippen molar-refractivity contribution in [3.63, 3.8) is 0 Å². The van der Waals surface area contributed by atoms with E-state index in [-0.39, 0.29) is 18.0 Å². The maximum atomic E-state index is 14.4. The molecule has 158 valence electrons. The van der Waals surface area contributed by atoms with Gasteiger partial charge in [0.2, 0.25) is 5.95 Å². The molecule has 4 heterocycles. The van der Waals surface area contributed by atoms with Crippen molar-refractivity contribution in [2.24, 2.45) is 22.6 Å². The first kappa shape index (κ1) is 19.3. The maximum absolute atomic E-state index is 14.4. The van der Waals surface area contributed by atoms with Crippen LogP contribution in [0.25, 0.3) is 11.1 Å². The van der Waals surface area contributed by atoms with Crippen LogP contribution in [-0.4, -0.2) is 48.3 Å². The molecule has 1 aromatic carbocycles. The second-order valence-electron chi connectivity index (χ2n) is 8.92. The molecule has 0 bridgehead atoms. The summed E-state index contributed by atoms with van der Waals surface area (Å²) >= 11 is 0. The Hall–Kier alpha value is -2.67. The zero-order valence-corrected chi connectivity index (χ0v) is 17.3. The Bertz CT molecular complexity index is 995. The van der Waals surface area contributed by atoms with E-state index >= 15 is 0 Å². The summed E-state index contributed by atoms with van der Waals surface area (Å²) < 4.78 is 26.5. The minimum Gasteiger partial charge on any atom is -0.490 e. The third-order valence-corrected chi connectivity index (χ3v) is 6.41. The van der Waals surface area contributed by atoms with Crippen molar-refractivity contribution in [3.05, 3.63) is 48.0 Å². The van der Waals surface area contributed by atoms with Crippen LogP contribution in [0.2, 0.25) is 0 Å². The number of amidine groups is 1. The monoisotopic (exact) mass is 410 g/mol. The van der Waals surface area contributed by atoms with Crippen LogP contribution < -0.4 is 10.5 Å². The molecule has 1 spiro atoms. The zero-order valence-electron chi connectivity index (χ0n) is 17.3. The van der Waals surface area contributed by atoms with Crippen molar-refractivity contribution in [3.8, 4) is 16.9 Å². The number of hydrogen-bond acceptors (Lipinski definition) is 6. The van der Waals surface area contributed by atoms with Gasteiger partial charge < -0.3 is 20.1 Å². The fraction of sp³-hybridized carbons (Fsp3) is 0.478. The van der Waals surface area contributed by atoms with Crippen LogP contribution in [-0.2, 0) is 10.3 Å². The smallest absolute Gasteiger partial charge is 0.283 e. The van der Waals surface area contributed by atoms with Gasteiger partial charge in [-0.1, -0.05) is 19.9 Å². The number of nitrogens with zero attached hydrogens (tertiary/aromatic N) is 3. The van der Waals surface area contributed by atoms with E-state index < -0.39 is 11.5 Å². The largest absolute Gasteiger partial charge is 0.490 e. The molecular formula is C23H27FN4O2. The highest BCUT2D eigenvalue weighted by molar-refractivity contribution is 5.75. The fourth-order valence-electron chi connectivity index (χ4n) is 5.16. The summed E-state index contributed by atoms with van der Waals surface area (Å²) in [4.78, 5) is 11.1. The van der Waals surface area contributed by atoms with Gasteiger partial charge >= 0.3 is 0 Å². The first-order valence-corrected chi connectivity index (χ1v) is 10.6. The number of ether oxygens (including phenoxy) is 2. The summed E-state index contributed by atoms with van der Waals surface area (Å²) in [5.74, 6) is 0.992. The molecular weight excluding hydrogens is 383 g/mol. The van der Waals surface area contributed by atoms with Crippen LogP contribution in [0.3, 0.4) is 0 Å². The van der Waals surface area contributed by atoms with Crippen LogP contribution in [0.4, 0.5) is 4.39 Å². The van der Waals surface area contributed by atoms with E-state index in [4.69, 9.17) is 20.2 Å². The quantitative estimate of drug-likeness (QED) is 0.787. The molecule has 0 aliphatic carbocycles. The lowest BCUT2D eigenvalue weighted by molar-refractivity contribution is -0.0259. The van der Waals surface area contributed by atoms with Gasteiger partial charge in [0.25, 0.3) is 6.02 Å². The Morgan fingerprint density at radius 2 is 2.20 bits per heavy atom. The molecule has 1 saturated heterocycles. The van der Waals surface area contributed by atoms with Gasteiger partial charge in [-0.25, -0.2) is 9.98 Å². The van der Waals surface area contributed by atoms with E-state index in [1.807, 2.05) is 18.2 Å². The summed E-state index contributed by atoms with van der Waals surface area (Å²) in [6.07, 6.45) is 2.45. The van der Waals surface area contributed by atoms with Crippen LogP contribution in [0.5, 0.6) is 5.75 Å². The molecule has 3 aliphatic heterocycles. The van der Waals surface area contributed by atoms with Gasteiger partial charge in [-0.05, 0) is 42.2 Å². The first-order valence-electron chi connectivity index (χ1n) is 10.6. The average molecular weight is 410 g/mol. The van der Waals surface area contributed by atoms with Crippen LogP contribution in [0.15, 0.2) is 41.5 Å². The van der Waals surface area contributed by atoms with Crippen LogP contribution in [0, 0.1) is 17.8 Å². The van der Waals surface area contributed by atoms with E-state index in [2.05, 4.69) is 23.7 Å². The van der Waals surface area contributed by atoms with Crippen molar-refractivity contribution in [1.29, 1.82) is 0 Å². The SMILES string of the molecule is CC(C)CN1CCC2Oc3ccc(-c4cccnc4F)cc3[C@]3(COC(N)=N3)[C@H]2C1. The van der Waals surface area contributed by atoms with Crippen molar-refractivity contribution >= 4 is 6.02 Å². The number of rotatable bonds is 3. The number of piperidine rings is 1. The highest BCUT2D eigenvalue weighted by Crippen LogP contribution is 2.51. The first-order chi connectivity index (χ1) is 14.5. The highest BCUT2D eigenvalue weighted by atomic mass is 19.1. The lowest BCUT2D eigenvalue weighted by atomic mass is 9.71. The second kappa shape index (κ2) is 7.23. The molecule has 0 saturated carbocycles. The molecule has 5 rings (SSSR count). The molecule has 3 aliphatic rings. The highest BCUT2D eigenvalue weighted by Gasteiger charge is 2.55. The minimum absolute atomic E-state index is 0.0557. The lowest BCUT2D eigenvalue weighted by Crippen LogP contribution is -2.57. The van der Waals surface area contributed by atoms with Gasteiger partial charge in [-0.2, -0.15) is 4.39 Å². The number of nitrogens with two attached hydrogens (primary N) is 1. The number of aromatic nitrogens is 1. The van der Waals surface area contributed by atoms with Gasteiger partial charge in [0.1, 0.15) is 24.0 Å². The number of hydrogen-bond donors (Lipinski definition) is 1. The number of aliphatic imine (C=N–C) groups is 1. The third-order valence-electron chi connectivity index (χ3n) is 6.41. The molecule has 1 unspecified atom stereocenters. The van der Waals surface area contributed by atoms with Gasteiger partial charge in [0.15, 0.2) is 0 Å². The zero-order chi connectivity index (χ0) is 20.9. The minimum atomic E-state index is -0.618. The molecule has 3 atom stereocenters. The average Bonchev–Trinajstić information content (AvgIpc) is 3.11. The van der Waals surface area contributed by atoms with E-state index in [1.165, 1.54) is 6.20 Å². The molecule has 2 aromatic rings. The van der Waals surface area contributed by atoms with Gasteiger partial charge in [0, 0.05) is 42.9 Å². The van der Waals surface area contributed by atoms with Crippen molar-refractivity contribution < 1.29 is 13.9 Å². The topological polar surface area (TPSA) is 73.0 Å². The molecule has 0 radical (unpaired) electrons. The molecule has 6 nitrogen and oxygen atoms in total. The van der Waals surface area contributed by atoms with Crippen molar-refractivity contribution in [2.75, 3.05) is 26.2 Å². The fourth-order valence-corrected chi connectivity index (χ4v) is 5.16. The van der Waals surface area contributed by atoms with Gasteiger partial charge in [0.05, 0.1) is 0 Å². The number of likely N-dealkylation sites (tertiary alicyclic amines) is 1. The molecule has 1 fully saturated rings. The van der Waals surface area contributed by atoms with Crippen LogP contribution >= 0.6 is 0 Å². The van der Waals surface area contributed by atoms with Crippen molar-refractivity contribution in [2.45, 2.75) is 31.9 Å². The van der Waals surface area contributed by atoms with E-state index in [0.717, 1.165) is 42.9 Å². The summed E-state index contributed by atoms with van der Waals surface area (Å²) in [7, 11) is 0. The van der Waals surface area contributed by atoms with E-state index in [0.29, 0.717) is 18.1 Å². The Morgan fingerprint density at radius 3 is 2.93 bits per heavy atom. The van der Waals surface area contributed by atoms with Crippen LogP contribution in [0.1, 0.15) is 25.8 Å². The Labute approximate surface area is 175 Å². The predicted molar refractivity (Wildman–Crippen MR) is 113 cm³/mol.